The summed E-state index contributed by atoms with van der Waals surface area (Å²) < 4.78 is 2.38. The van der Waals surface area contributed by atoms with Gasteiger partial charge >= 0.3 is 0 Å². The fraction of sp³-hybridized carbons (Fsp3) is 0.333. The molecule has 2 unspecified atom stereocenters. The second kappa shape index (κ2) is 16.3. The van der Waals surface area contributed by atoms with E-state index in [2.05, 4.69) is 63.1 Å². The first kappa shape index (κ1) is 39.6. The molecule has 2 aliphatic rings. The van der Waals surface area contributed by atoms with Crippen molar-refractivity contribution >= 4 is 77.8 Å². The summed E-state index contributed by atoms with van der Waals surface area (Å²) in [5, 5.41) is 14.8. The molecule has 4 amide bonds. The molecule has 3 aromatic carbocycles. The highest BCUT2D eigenvalue weighted by Gasteiger charge is 2.38. The molecule has 0 saturated carbocycles. The fourth-order valence-corrected chi connectivity index (χ4v) is 11.0. The second-order valence-corrected chi connectivity index (χ2v) is 18.2. The van der Waals surface area contributed by atoms with E-state index in [0.717, 1.165) is 85.8 Å². The van der Waals surface area contributed by atoms with Crippen molar-refractivity contribution in [1.82, 2.24) is 40.4 Å². The maximum Gasteiger partial charge on any atom is 0.250 e. The molecule has 0 aliphatic carbocycles. The van der Waals surface area contributed by atoms with Gasteiger partial charge in [0.1, 0.15) is 30.3 Å². The minimum atomic E-state index is -0.763. The van der Waals surface area contributed by atoms with E-state index in [1.807, 2.05) is 55.1 Å². The normalized spacial score (nSPS) is 17.9. The highest BCUT2D eigenvalue weighted by atomic mass is 32.1. The molecule has 0 spiro atoms. The topological polar surface area (TPSA) is 176 Å². The molecule has 13 nitrogen and oxygen atoms in total. The van der Waals surface area contributed by atoms with E-state index >= 15 is 0 Å². The van der Waals surface area contributed by atoms with Gasteiger partial charge in [0, 0.05) is 39.2 Å². The average molecular weight is 843 g/mol. The van der Waals surface area contributed by atoms with Crippen LogP contribution in [0.5, 0.6) is 0 Å². The Kier molecular flexibility index (Phi) is 10.7. The number of benzene rings is 3. The Balaban J connectivity index is 0.919. The summed E-state index contributed by atoms with van der Waals surface area (Å²) in [6.45, 7) is 5.71. The molecule has 15 heteroatoms. The van der Waals surface area contributed by atoms with Crippen molar-refractivity contribution in [2.75, 3.05) is 19.7 Å². The Bertz CT molecular complexity index is 2720. The number of thiophene rings is 2. The zero-order valence-electron chi connectivity index (χ0n) is 33.5. The van der Waals surface area contributed by atoms with Gasteiger partial charge < -0.3 is 35.5 Å². The molecule has 5 N–H and O–H groups in total. The summed E-state index contributed by atoms with van der Waals surface area (Å²) in [4.78, 5) is 74.6. The van der Waals surface area contributed by atoms with E-state index in [9.17, 15) is 24.3 Å². The Labute approximate surface area is 354 Å². The monoisotopic (exact) mass is 842 g/mol. The summed E-state index contributed by atoms with van der Waals surface area (Å²) >= 11 is 3.48. The Morgan fingerprint density at radius 1 is 0.750 bits per heavy atom. The van der Waals surface area contributed by atoms with Gasteiger partial charge in [0.15, 0.2) is 0 Å². The van der Waals surface area contributed by atoms with E-state index in [1.165, 1.54) is 16.3 Å². The van der Waals surface area contributed by atoms with E-state index < -0.39 is 24.6 Å². The van der Waals surface area contributed by atoms with Crippen LogP contribution in [0.15, 0.2) is 78.9 Å². The number of aliphatic hydroxyl groups excluding tert-OH is 1. The standard InChI is InChI=1S/C45H46N8O5S2/c1-24(2)40(51-39(56)23-54)44(57)52-17-7-11-33(52)42-47-29-15-13-27(19-31(29)49-42)35-21-37-38(59-35)22-36(60-37)28-14-16-30-32(20-28)50-43(48-30)34-12-8-18-53(34)45(58)41(46-25(3)55)26-9-5-4-6-10-26/h4-6,9-10,13-16,19-22,24,33-34,40-41,54H,7-8,11-12,17-18,23H2,1-3H3,(H,46,55)(H,47,49)(H,48,50)(H,51,56)/t33?,34?,40-,41+/m0/s1. The molecular weight excluding hydrogens is 797 g/mol. The lowest BCUT2D eigenvalue weighted by Gasteiger charge is -2.30. The molecule has 6 heterocycles. The van der Waals surface area contributed by atoms with Crippen LogP contribution in [0.1, 0.15) is 81.8 Å². The molecule has 9 rings (SSSR count). The van der Waals surface area contributed by atoms with Crippen LogP contribution in [0.2, 0.25) is 0 Å². The van der Waals surface area contributed by atoms with E-state index in [4.69, 9.17) is 9.97 Å². The number of amides is 4. The third kappa shape index (κ3) is 7.57. The predicted octanol–water partition coefficient (Wildman–Crippen LogP) is 7.39. The van der Waals surface area contributed by atoms with Crippen molar-refractivity contribution < 1.29 is 24.3 Å². The quantitative estimate of drug-likeness (QED) is 0.0903. The minimum Gasteiger partial charge on any atom is -0.387 e. The molecule has 4 atom stereocenters. The number of carbonyl (C=O) groups excluding carboxylic acids is 4. The van der Waals surface area contributed by atoms with Crippen LogP contribution in [-0.4, -0.2) is 84.2 Å². The molecule has 0 radical (unpaired) electrons. The molecular formula is C45H46N8O5S2. The van der Waals surface area contributed by atoms with Crippen LogP contribution < -0.4 is 10.6 Å². The van der Waals surface area contributed by atoms with Gasteiger partial charge in [0.2, 0.25) is 23.6 Å². The van der Waals surface area contributed by atoms with Crippen molar-refractivity contribution in [2.45, 2.75) is 70.6 Å². The molecule has 4 aromatic heterocycles. The zero-order chi connectivity index (χ0) is 41.7. The van der Waals surface area contributed by atoms with Gasteiger partial charge in [-0.05, 0) is 84.7 Å². The number of likely N-dealkylation sites (tertiary alicyclic amines) is 2. The number of H-pyrrole nitrogens is 2. The van der Waals surface area contributed by atoms with Gasteiger partial charge in [-0.2, -0.15) is 0 Å². The number of nitrogens with one attached hydrogen (secondary N) is 4. The first-order valence-electron chi connectivity index (χ1n) is 20.4. The Morgan fingerprint density at radius 2 is 1.28 bits per heavy atom. The second-order valence-electron chi connectivity index (χ2n) is 16.0. The van der Waals surface area contributed by atoms with Crippen molar-refractivity contribution in [2.24, 2.45) is 5.92 Å². The summed E-state index contributed by atoms with van der Waals surface area (Å²) in [6, 6.07) is 24.4. The van der Waals surface area contributed by atoms with Crippen molar-refractivity contribution in [3.8, 4) is 20.9 Å². The number of fused-ring (bicyclic) bond motifs is 3. The Hall–Kier alpha value is -5.90. The van der Waals surface area contributed by atoms with Crippen molar-refractivity contribution in [3.63, 3.8) is 0 Å². The van der Waals surface area contributed by atoms with Crippen LogP contribution in [0.25, 0.3) is 52.3 Å². The van der Waals surface area contributed by atoms with E-state index in [-0.39, 0.29) is 35.7 Å². The summed E-state index contributed by atoms with van der Waals surface area (Å²) in [5.74, 6) is 0.223. The van der Waals surface area contributed by atoms with Crippen LogP contribution >= 0.6 is 22.7 Å². The van der Waals surface area contributed by atoms with Gasteiger partial charge in [-0.1, -0.05) is 56.3 Å². The highest BCUT2D eigenvalue weighted by molar-refractivity contribution is 7.31. The molecule has 7 aromatic rings. The number of aliphatic hydroxyl groups is 1. The summed E-state index contributed by atoms with van der Waals surface area (Å²) in [5.41, 5.74) is 6.36. The first-order valence-corrected chi connectivity index (χ1v) is 22.0. The number of carbonyl (C=O) groups is 4. The largest absolute Gasteiger partial charge is 0.387 e. The van der Waals surface area contributed by atoms with E-state index in [1.54, 1.807) is 27.6 Å². The van der Waals surface area contributed by atoms with Gasteiger partial charge in [-0.3, -0.25) is 19.2 Å². The number of imidazole rings is 2. The number of aromatic amines is 2. The number of aromatic nitrogens is 4. The maximum absolute atomic E-state index is 13.9. The van der Waals surface area contributed by atoms with Crippen LogP contribution in [0.3, 0.4) is 0 Å². The summed E-state index contributed by atoms with van der Waals surface area (Å²) in [7, 11) is 0. The zero-order valence-corrected chi connectivity index (χ0v) is 35.2. The van der Waals surface area contributed by atoms with Gasteiger partial charge in [0.05, 0.1) is 34.2 Å². The van der Waals surface area contributed by atoms with Gasteiger partial charge in [0.25, 0.3) is 0 Å². The third-order valence-corrected chi connectivity index (χ3v) is 14.0. The van der Waals surface area contributed by atoms with Crippen molar-refractivity contribution in [1.29, 1.82) is 0 Å². The maximum atomic E-state index is 13.9. The third-order valence-electron chi connectivity index (χ3n) is 11.6. The van der Waals surface area contributed by atoms with Gasteiger partial charge in [-0.15, -0.1) is 22.7 Å². The SMILES string of the molecule is CC(=O)N[C@@H](C(=O)N1CCCC1c1nc2cc(-c3cc4sc(-c5ccc6[nH]c(C7CCCN7C(=O)[C@@H](NC(=O)CO)C(C)C)nc6c5)cc4s3)ccc2[nH]1)c1ccccc1. The summed E-state index contributed by atoms with van der Waals surface area (Å²) in [6.07, 6.45) is 3.24. The first-order chi connectivity index (χ1) is 29.0. The lowest BCUT2D eigenvalue weighted by Crippen LogP contribution is -2.51. The Morgan fingerprint density at radius 3 is 1.78 bits per heavy atom. The number of hydrogen-bond donors (Lipinski definition) is 5. The number of nitrogens with zero attached hydrogens (tertiary/aromatic N) is 4. The smallest absolute Gasteiger partial charge is 0.250 e. The molecule has 2 aliphatic heterocycles. The van der Waals surface area contributed by atoms with Crippen LogP contribution in [0, 0.1) is 5.92 Å². The minimum absolute atomic E-state index is 0.136. The fourth-order valence-electron chi connectivity index (χ4n) is 8.64. The van der Waals surface area contributed by atoms with Crippen LogP contribution in [-0.2, 0) is 19.2 Å². The van der Waals surface area contributed by atoms with Crippen LogP contribution in [0.4, 0.5) is 0 Å². The average Bonchev–Trinajstić information content (AvgIpc) is 4.10. The number of hydrogen-bond acceptors (Lipinski definition) is 9. The lowest BCUT2D eigenvalue weighted by molar-refractivity contribution is -0.139. The van der Waals surface area contributed by atoms with Gasteiger partial charge in [-0.25, -0.2) is 9.97 Å². The molecule has 60 heavy (non-hydrogen) atoms. The predicted molar refractivity (Wildman–Crippen MR) is 234 cm³/mol. The molecule has 2 fully saturated rings. The lowest BCUT2D eigenvalue weighted by atomic mass is 10.0. The highest BCUT2D eigenvalue weighted by Crippen LogP contribution is 2.43. The molecule has 308 valence electrons. The molecule has 0 bridgehead atoms. The number of rotatable bonds is 11. The van der Waals surface area contributed by atoms with Crippen molar-refractivity contribution in [3.05, 3.63) is 96.1 Å². The van der Waals surface area contributed by atoms with E-state index in [0.29, 0.717) is 13.1 Å². The molecule has 2 saturated heterocycles.